The molecule has 0 radical (unpaired) electrons. The third-order valence-corrected chi connectivity index (χ3v) is 1.74. The van der Waals surface area contributed by atoms with Crippen molar-refractivity contribution in [2.75, 3.05) is 6.73 Å². The fourth-order valence-corrected chi connectivity index (χ4v) is 1.01. The molecule has 0 aromatic rings. The molecule has 0 heterocycles. The van der Waals surface area contributed by atoms with Gasteiger partial charge >= 0.3 is 0 Å². The molecular formula is C10H19NO. The molecule has 2 nitrogen and oxygen atoms in total. The second-order valence-electron chi connectivity index (χ2n) is 3.11. The summed E-state index contributed by atoms with van der Waals surface area (Å²) in [6.45, 7) is 8.27. The Labute approximate surface area is 75.0 Å². The van der Waals surface area contributed by atoms with Gasteiger partial charge in [0.1, 0.15) is 6.73 Å². The minimum absolute atomic E-state index is 0.00256. The zero-order valence-electron chi connectivity index (χ0n) is 8.39. The number of aliphatic hydroxyl groups excluding tert-OH is 1. The van der Waals surface area contributed by atoms with Crippen molar-refractivity contribution in [3.05, 3.63) is 23.4 Å². The van der Waals surface area contributed by atoms with Crippen molar-refractivity contribution in [2.45, 2.75) is 27.7 Å². The molecule has 12 heavy (non-hydrogen) atoms. The van der Waals surface area contributed by atoms with Crippen LogP contribution < -0.4 is 5.32 Å². The maximum Gasteiger partial charge on any atom is 0.113 e. The van der Waals surface area contributed by atoms with Crippen LogP contribution in [-0.2, 0) is 0 Å². The molecule has 0 aliphatic heterocycles. The summed E-state index contributed by atoms with van der Waals surface area (Å²) in [5.41, 5.74) is 2.28. The largest absolute Gasteiger partial charge is 0.377 e. The first kappa shape index (κ1) is 11.2. The first-order valence-corrected chi connectivity index (χ1v) is 4.31. The standard InChI is InChI=1S/C10H19NO/c1-5-10(8(2)3)6-9(4)11-7-12/h5-6,8,11-12H,7H2,1-4H3/b9-6+,10-5+. The van der Waals surface area contributed by atoms with Crippen molar-refractivity contribution >= 4 is 0 Å². The fourth-order valence-electron chi connectivity index (χ4n) is 1.01. The highest BCUT2D eigenvalue weighted by Gasteiger charge is 1.98. The Morgan fingerprint density at radius 2 is 2.08 bits per heavy atom. The van der Waals surface area contributed by atoms with Gasteiger partial charge in [-0.2, -0.15) is 0 Å². The maximum atomic E-state index is 8.59. The summed E-state index contributed by atoms with van der Waals surface area (Å²) in [4.78, 5) is 0. The number of aliphatic hydroxyl groups is 1. The Morgan fingerprint density at radius 1 is 1.50 bits per heavy atom. The van der Waals surface area contributed by atoms with Crippen molar-refractivity contribution < 1.29 is 5.11 Å². The van der Waals surface area contributed by atoms with Crippen LogP contribution in [0.25, 0.3) is 0 Å². The fraction of sp³-hybridized carbons (Fsp3) is 0.600. The topological polar surface area (TPSA) is 32.3 Å². The maximum absolute atomic E-state index is 8.59. The van der Waals surface area contributed by atoms with E-state index in [0.717, 1.165) is 5.70 Å². The number of hydrogen-bond donors (Lipinski definition) is 2. The van der Waals surface area contributed by atoms with E-state index in [9.17, 15) is 0 Å². The van der Waals surface area contributed by atoms with Crippen LogP contribution in [0, 0.1) is 5.92 Å². The lowest BCUT2D eigenvalue weighted by molar-refractivity contribution is 0.275. The highest BCUT2D eigenvalue weighted by atomic mass is 16.3. The van der Waals surface area contributed by atoms with Gasteiger partial charge < -0.3 is 10.4 Å². The lowest BCUT2D eigenvalue weighted by Crippen LogP contribution is -2.12. The summed E-state index contributed by atoms with van der Waals surface area (Å²) in [5, 5.41) is 11.4. The van der Waals surface area contributed by atoms with E-state index in [4.69, 9.17) is 5.11 Å². The second-order valence-corrected chi connectivity index (χ2v) is 3.11. The van der Waals surface area contributed by atoms with Gasteiger partial charge in [-0.05, 0) is 31.4 Å². The number of hydrogen-bond acceptors (Lipinski definition) is 2. The molecule has 0 fully saturated rings. The zero-order valence-corrected chi connectivity index (χ0v) is 8.39. The Balaban J connectivity index is 4.27. The van der Waals surface area contributed by atoms with Crippen LogP contribution in [0.1, 0.15) is 27.7 Å². The van der Waals surface area contributed by atoms with Crippen molar-refractivity contribution in [1.29, 1.82) is 0 Å². The molecule has 0 aliphatic carbocycles. The van der Waals surface area contributed by atoms with Gasteiger partial charge in [0, 0.05) is 5.70 Å². The van der Waals surface area contributed by atoms with Crippen molar-refractivity contribution in [3.8, 4) is 0 Å². The van der Waals surface area contributed by atoms with Gasteiger partial charge in [0.05, 0.1) is 0 Å². The highest BCUT2D eigenvalue weighted by molar-refractivity contribution is 5.22. The summed E-state index contributed by atoms with van der Waals surface area (Å²) in [6, 6.07) is 0. The lowest BCUT2D eigenvalue weighted by atomic mass is 10.0. The molecule has 2 heteroatoms. The van der Waals surface area contributed by atoms with Gasteiger partial charge in [0.15, 0.2) is 0 Å². The van der Waals surface area contributed by atoms with E-state index in [1.807, 2.05) is 13.8 Å². The third kappa shape index (κ3) is 4.19. The molecule has 0 saturated carbocycles. The summed E-state index contributed by atoms with van der Waals surface area (Å²) in [7, 11) is 0. The smallest absolute Gasteiger partial charge is 0.113 e. The molecule has 0 rings (SSSR count). The SMILES string of the molecule is C/C=C(\C=C(/C)NCO)C(C)C. The molecule has 0 amide bonds. The molecule has 0 atom stereocenters. The predicted molar refractivity (Wildman–Crippen MR) is 52.6 cm³/mol. The van der Waals surface area contributed by atoms with Gasteiger partial charge in [-0.1, -0.05) is 19.9 Å². The highest BCUT2D eigenvalue weighted by Crippen LogP contribution is 2.11. The van der Waals surface area contributed by atoms with Crippen LogP contribution in [0.3, 0.4) is 0 Å². The number of rotatable bonds is 4. The zero-order chi connectivity index (χ0) is 9.56. The Bertz CT molecular complexity index is 180. The van der Waals surface area contributed by atoms with Crippen LogP contribution in [0.15, 0.2) is 23.4 Å². The molecule has 0 aliphatic rings. The van der Waals surface area contributed by atoms with Crippen molar-refractivity contribution in [3.63, 3.8) is 0 Å². The quantitative estimate of drug-likeness (QED) is 0.498. The molecule has 0 spiro atoms. The van der Waals surface area contributed by atoms with Gasteiger partial charge in [-0.15, -0.1) is 0 Å². The summed E-state index contributed by atoms with van der Waals surface area (Å²) in [6.07, 6.45) is 4.15. The summed E-state index contributed by atoms with van der Waals surface area (Å²) in [5.74, 6) is 0.533. The molecule has 0 unspecified atom stereocenters. The van der Waals surface area contributed by atoms with Gasteiger partial charge in [-0.25, -0.2) is 0 Å². The monoisotopic (exact) mass is 169 g/mol. The lowest BCUT2D eigenvalue weighted by Gasteiger charge is -2.08. The molecule has 0 saturated heterocycles. The van der Waals surface area contributed by atoms with Crippen LogP contribution in [0.2, 0.25) is 0 Å². The first-order valence-electron chi connectivity index (χ1n) is 4.31. The van der Waals surface area contributed by atoms with Gasteiger partial charge in [0.25, 0.3) is 0 Å². The Hall–Kier alpha value is -0.760. The van der Waals surface area contributed by atoms with E-state index in [1.54, 1.807) is 0 Å². The van der Waals surface area contributed by atoms with Crippen LogP contribution in [-0.4, -0.2) is 11.8 Å². The third-order valence-electron chi connectivity index (χ3n) is 1.74. The van der Waals surface area contributed by atoms with Gasteiger partial charge in [0.2, 0.25) is 0 Å². The molecule has 0 bridgehead atoms. The number of nitrogens with one attached hydrogen (secondary N) is 1. The molecule has 0 aromatic heterocycles. The Morgan fingerprint density at radius 3 is 2.42 bits per heavy atom. The van der Waals surface area contributed by atoms with E-state index in [1.165, 1.54) is 5.57 Å². The first-order chi connectivity index (χ1) is 5.61. The van der Waals surface area contributed by atoms with Crippen LogP contribution in [0.4, 0.5) is 0 Å². The molecule has 70 valence electrons. The second kappa shape index (κ2) is 5.84. The van der Waals surface area contributed by atoms with E-state index >= 15 is 0 Å². The normalized spacial score (nSPS) is 13.8. The average Bonchev–Trinajstić information content (AvgIpc) is 2.00. The summed E-state index contributed by atoms with van der Waals surface area (Å²) < 4.78 is 0. The predicted octanol–water partition coefficient (Wildman–Crippen LogP) is 2.03. The minimum Gasteiger partial charge on any atom is -0.377 e. The molecule has 2 N–H and O–H groups in total. The molecule has 0 aromatic carbocycles. The van der Waals surface area contributed by atoms with Crippen LogP contribution >= 0.6 is 0 Å². The van der Waals surface area contributed by atoms with E-state index in [2.05, 4.69) is 31.3 Å². The van der Waals surface area contributed by atoms with E-state index in [0.29, 0.717) is 5.92 Å². The van der Waals surface area contributed by atoms with E-state index < -0.39 is 0 Å². The molecular weight excluding hydrogens is 150 g/mol. The van der Waals surface area contributed by atoms with Gasteiger partial charge in [-0.3, -0.25) is 0 Å². The average molecular weight is 169 g/mol. The Kier molecular flexibility index (Phi) is 5.47. The van der Waals surface area contributed by atoms with Crippen molar-refractivity contribution in [2.24, 2.45) is 5.92 Å². The van der Waals surface area contributed by atoms with Crippen molar-refractivity contribution in [1.82, 2.24) is 5.32 Å². The summed E-state index contributed by atoms with van der Waals surface area (Å²) >= 11 is 0. The van der Waals surface area contributed by atoms with Crippen LogP contribution in [0.5, 0.6) is 0 Å². The van der Waals surface area contributed by atoms with E-state index in [-0.39, 0.29) is 6.73 Å². The minimum atomic E-state index is -0.00256. The number of allylic oxidation sites excluding steroid dienone is 4.